The Morgan fingerprint density at radius 2 is 0.846 bits per heavy atom. The predicted molar refractivity (Wildman–Crippen MR) is 118 cm³/mol. The topological polar surface area (TPSA) is 9.86 Å². The summed E-state index contributed by atoms with van der Waals surface area (Å²) < 4.78 is 4.38. The molecule has 2 heteroatoms. The van der Waals surface area contributed by atoms with Gasteiger partial charge in [-0.2, -0.15) is 0 Å². The number of hydrogen-bond donors (Lipinski definition) is 0. The summed E-state index contributed by atoms with van der Waals surface area (Å²) in [5, 5.41) is 0. The fourth-order valence-electron chi connectivity index (χ4n) is 2.72. The van der Waals surface area contributed by atoms with Crippen LogP contribution in [0.2, 0.25) is 0 Å². The van der Waals surface area contributed by atoms with Gasteiger partial charge in [0.05, 0.1) is 11.4 Å². The Hall–Kier alpha value is -2.22. The molecular formula is C24H38N2. The first-order chi connectivity index (χ1) is 12.6. The van der Waals surface area contributed by atoms with Crippen molar-refractivity contribution in [2.75, 3.05) is 0 Å². The second-order valence-corrected chi connectivity index (χ2v) is 6.10. The first-order valence-electron chi connectivity index (χ1n) is 9.97. The zero-order valence-corrected chi connectivity index (χ0v) is 18.2. The van der Waals surface area contributed by atoms with E-state index in [0.29, 0.717) is 0 Å². The van der Waals surface area contributed by atoms with Crippen LogP contribution in [0.4, 0.5) is 0 Å². The molecule has 2 heterocycles. The van der Waals surface area contributed by atoms with Gasteiger partial charge in [0.15, 0.2) is 0 Å². The van der Waals surface area contributed by atoms with Gasteiger partial charge in [0.2, 0.25) is 0 Å². The summed E-state index contributed by atoms with van der Waals surface area (Å²) >= 11 is 0. The van der Waals surface area contributed by atoms with Crippen molar-refractivity contribution in [3.05, 3.63) is 72.8 Å². The molecule has 0 aliphatic carbocycles. The fourth-order valence-corrected chi connectivity index (χ4v) is 2.72. The summed E-state index contributed by atoms with van der Waals surface area (Å²) in [5.74, 6) is 0. The van der Waals surface area contributed by atoms with Crippen molar-refractivity contribution in [2.24, 2.45) is 0 Å². The predicted octanol–water partition coefficient (Wildman–Crippen LogP) is 7.64. The van der Waals surface area contributed by atoms with Crippen molar-refractivity contribution in [2.45, 2.75) is 67.7 Å². The number of rotatable bonds is 2. The maximum atomic E-state index is 2.27. The average molecular weight is 355 g/mol. The summed E-state index contributed by atoms with van der Waals surface area (Å²) in [6.45, 7) is 18.8. The summed E-state index contributed by atoms with van der Waals surface area (Å²) in [5.41, 5.74) is 3.91. The molecule has 2 aromatic heterocycles. The van der Waals surface area contributed by atoms with Crippen molar-refractivity contribution < 1.29 is 0 Å². The van der Waals surface area contributed by atoms with E-state index in [-0.39, 0.29) is 5.41 Å². The minimum absolute atomic E-state index is 0.0699. The van der Waals surface area contributed by atoms with Gasteiger partial charge >= 0.3 is 0 Å². The van der Waals surface area contributed by atoms with E-state index in [2.05, 4.69) is 97.2 Å². The van der Waals surface area contributed by atoms with Crippen LogP contribution in [0.25, 0.3) is 11.4 Å². The molecule has 3 rings (SSSR count). The summed E-state index contributed by atoms with van der Waals surface area (Å²) in [6, 6.07) is 14.8. The Bertz CT molecular complexity index is 632. The Kier molecular flexibility index (Phi) is 11.1. The molecule has 0 fully saturated rings. The highest BCUT2D eigenvalue weighted by Gasteiger charge is 2.23. The van der Waals surface area contributed by atoms with E-state index < -0.39 is 0 Å². The standard InChI is InChI=1S/C18H20N2.3C2H6/c1-18(2,3)17-15(19-11-4-5-12-19)9-8-10-16(17)20-13-6-7-14-20;3*1-2/h4-14H,1-3H3;3*1-2H3. The zero-order valence-electron chi connectivity index (χ0n) is 18.2. The van der Waals surface area contributed by atoms with Crippen LogP contribution >= 0.6 is 0 Å². The number of nitrogens with zero attached hydrogens (tertiary/aromatic N) is 2. The Labute approximate surface area is 161 Å². The molecule has 144 valence electrons. The van der Waals surface area contributed by atoms with Gasteiger partial charge in [0.1, 0.15) is 0 Å². The van der Waals surface area contributed by atoms with E-state index in [1.165, 1.54) is 16.9 Å². The third-order valence-corrected chi connectivity index (χ3v) is 3.54. The van der Waals surface area contributed by atoms with Crippen LogP contribution in [0.15, 0.2) is 67.3 Å². The van der Waals surface area contributed by atoms with Crippen LogP contribution in [0.5, 0.6) is 0 Å². The van der Waals surface area contributed by atoms with Crippen molar-refractivity contribution in [1.29, 1.82) is 0 Å². The summed E-state index contributed by atoms with van der Waals surface area (Å²) in [7, 11) is 0. The molecule has 0 unspecified atom stereocenters. The molecule has 0 N–H and O–H groups in total. The van der Waals surface area contributed by atoms with Gasteiger partial charge in [-0.25, -0.2) is 0 Å². The fraction of sp³-hybridized carbons (Fsp3) is 0.417. The Morgan fingerprint density at radius 1 is 0.538 bits per heavy atom. The lowest BCUT2D eigenvalue weighted by Crippen LogP contribution is -2.18. The van der Waals surface area contributed by atoms with Crippen molar-refractivity contribution >= 4 is 0 Å². The van der Waals surface area contributed by atoms with Gasteiger partial charge in [0.25, 0.3) is 0 Å². The first kappa shape index (κ1) is 23.8. The molecule has 0 spiro atoms. The van der Waals surface area contributed by atoms with Crippen LogP contribution in [0.1, 0.15) is 67.9 Å². The van der Waals surface area contributed by atoms with E-state index in [4.69, 9.17) is 0 Å². The van der Waals surface area contributed by atoms with Gasteiger partial charge in [0, 0.05) is 30.4 Å². The molecular weight excluding hydrogens is 316 g/mol. The van der Waals surface area contributed by atoms with E-state index in [9.17, 15) is 0 Å². The van der Waals surface area contributed by atoms with Gasteiger partial charge in [-0.3, -0.25) is 0 Å². The lowest BCUT2D eigenvalue weighted by molar-refractivity contribution is 0.582. The van der Waals surface area contributed by atoms with Crippen LogP contribution in [-0.4, -0.2) is 9.13 Å². The first-order valence-corrected chi connectivity index (χ1v) is 9.97. The molecule has 26 heavy (non-hydrogen) atoms. The van der Waals surface area contributed by atoms with E-state index >= 15 is 0 Å². The summed E-state index contributed by atoms with van der Waals surface area (Å²) in [6.07, 6.45) is 8.40. The minimum Gasteiger partial charge on any atom is -0.324 e. The highest BCUT2D eigenvalue weighted by atomic mass is 15.0. The lowest BCUT2D eigenvalue weighted by atomic mass is 9.84. The van der Waals surface area contributed by atoms with E-state index in [1.807, 2.05) is 41.5 Å². The maximum absolute atomic E-state index is 2.27. The average Bonchev–Trinajstić information content (AvgIpc) is 3.39. The van der Waals surface area contributed by atoms with Gasteiger partial charge < -0.3 is 9.13 Å². The molecule has 0 bridgehead atoms. The van der Waals surface area contributed by atoms with Crippen molar-refractivity contribution in [1.82, 2.24) is 9.13 Å². The second kappa shape index (κ2) is 12.2. The molecule has 3 aromatic rings. The normalized spacial score (nSPS) is 9.73. The van der Waals surface area contributed by atoms with Crippen molar-refractivity contribution in [3.63, 3.8) is 0 Å². The van der Waals surface area contributed by atoms with E-state index in [1.54, 1.807) is 0 Å². The third kappa shape index (κ3) is 5.94. The molecule has 0 radical (unpaired) electrons. The van der Waals surface area contributed by atoms with Crippen molar-refractivity contribution in [3.8, 4) is 11.4 Å². The number of benzene rings is 1. The Balaban J connectivity index is 0.000000948. The second-order valence-electron chi connectivity index (χ2n) is 6.10. The van der Waals surface area contributed by atoms with Crippen LogP contribution in [-0.2, 0) is 5.41 Å². The molecule has 1 aromatic carbocycles. The van der Waals surface area contributed by atoms with Gasteiger partial charge in [-0.05, 0) is 41.8 Å². The van der Waals surface area contributed by atoms with Gasteiger partial charge in [-0.15, -0.1) is 0 Å². The van der Waals surface area contributed by atoms with Gasteiger partial charge in [-0.1, -0.05) is 68.4 Å². The highest BCUT2D eigenvalue weighted by molar-refractivity contribution is 5.57. The Morgan fingerprint density at radius 3 is 1.12 bits per heavy atom. The molecule has 0 saturated heterocycles. The van der Waals surface area contributed by atoms with Crippen LogP contribution in [0.3, 0.4) is 0 Å². The molecule has 2 nitrogen and oxygen atoms in total. The molecule has 0 saturated carbocycles. The third-order valence-electron chi connectivity index (χ3n) is 3.54. The number of hydrogen-bond acceptors (Lipinski definition) is 0. The smallest absolute Gasteiger partial charge is 0.0507 e. The zero-order chi connectivity index (χ0) is 20.2. The van der Waals surface area contributed by atoms with E-state index in [0.717, 1.165) is 0 Å². The maximum Gasteiger partial charge on any atom is 0.0507 e. The SMILES string of the molecule is CC.CC.CC.CC(C)(C)c1c(-n2cccc2)cccc1-n1cccc1. The monoisotopic (exact) mass is 354 g/mol. The summed E-state index contributed by atoms with van der Waals surface area (Å²) in [4.78, 5) is 0. The molecule has 0 aliphatic heterocycles. The largest absolute Gasteiger partial charge is 0.324 e. The van der Waals surface area contributed by atoms with Crippen LogP contribution in [0, 0.1) is 0 Å². The lowest BCUT2D eigenvalue weighted by Gasteiger charge is -2.27. The molecule has 0 aliphatic rings. The molecule has 0 amide bonds. The number of aromatic nitrogens is 2. The minimum atomic E-state index is 0.0699. The highest BCUT2D eigenvalue weighted by Crippen LogP contribution is 2.33. The quantitative estimate of drug-likeness (QED) is 0.447. The van der Waals surface area contributed by atoms with Crippen LogP contribution < -0.4 is 0 Å². The molecule has 0 atom stereocenters.